The molecule has 0 spiro atoms. The third-order valence-corrected chi connectivity index (χ3v) is 3.18. The Hall–Kier alpha value is -1.62. The van der Waals surface area contributed by atoms with Gasteiger partial charge in [-0.15, -0.1) is 0 Å². The van der Waals surface area contributed by atoms with Crippen LogP contribution < -0.4 is 10.2 Å². The molecule has 2 heterocycles. The van der Waals surface area contributed by atoms with Gasteiger partial charge in [0.25, 0.3) is 0 Å². The Kier molecular flexibility index (Phi) is 3.81. The minimum absolute atomic E-state index is 0.336. The summed E-state index contributed by atoms with van der Waals surface area (Å²) in [5.74, 6) is -0.282. The molecule has 1 aliphatic heterocycles. The minimum Gasteiger partial charge on any atom is -0.478 e. The lowest BCUT2D eigenvalue weighted by molar-refractivity contribution is 0.0696. The summed E-state index contributed by atoms with van der Waals surface area (Å²) >= 11 is 0. The average molecular weight is 249 g/mol. The van der Waals surface area contributed by atoms with E-state index in [0.717, 1.165) is 43.9 Å². The zero-order chi connectivity index (χ0) is 13.1. The maximum absolute atomic E-state index is 11.4. The number of hydrogen-bond donors (Lipinski definition) is 2. The van der Waals surface area contributed by atoms with Crippen molar-refractivity contribution in [2.45, 2.75) is 20.3 Å². The summed E-state index contributed by atoms with van der Waals surface area (Å²) in [6, 6.07) is 1.82. The van der Waals surface area contributed by atoms with Crippen molar-refractivity contribution in [3.05, 3.63) is 22.9 Å². The molecule has 98 valence electrons. The summed E-state index contributed by atoms with van der Waals surface area (Å²) in [6.45, 7) is 7.23. The molecule has 18 heavy (non-hydrogen) atoms. The third-order valence-electron chi connectivity index (χ3n) is 3.18. The van der Waals surface area contributed by atoms with Crippen LogP contribution in [0.5, 0.6) is 0 Å². The first kappa shape index (κ1) is 12.8. The van der Waals surface area contributed by atoms with Crippen LogP contribution in [0.25, 0.3) is 0 Å². The van der Waals surface area contributed by atoms with E-state index in [2.05, 4.69) is 15.2 Å². The lowest BCUT2D eigenvalue weighted by Crippen LogP contribution is -2.30. The Bertz CT molecular complexity index is 452. The smallest absolute Gasteiger partial charge is 0.339 e. The SMILES string of the molecule is Cc1cc(C)c(C(=O)O)c(N2CCCNCC2)n1. The summed E-state index contributed by atoms with van der Waals surface area (Å²) in [7, 11) is 0. The van der Waals surface area contributed by atoms with Crippen molar-refractivity contribution in [1.29, 1.82) is 0 Å². The molecule has 1 aromatic heterocycles. The van der Waals surface area contributed by atoms with Crippen LogP contribution in [0.1, 0.15) is 28.0 Å². The number of anilines is 1. The van der Waals surface area contributed by atoms with Crippen molar-refractivity contribution in [2.24, 2.45) is 0 Å². The highest BCUT2D eigenvalue weighted by Gasteiger charge is 2.21. The third kappa shape index (κ3) is 2.61. The molecule has 0 aliphatic carbocycles. The summed E-state index contributed by atoms with van der Waals surface area (Å²) in [4.78, 5) is 17.9. The number of pyridine rings is 1. The number of aromatic nitrogens is 1. The fourth-order valence-electron chi connectivity index (χ4n) is 2.37. The molecular formula is C13H19N3O2. The van der Waals surface area contributed by atoms with E-state index >= 15 is 0 Å². The van der Waals surface area contributed by atoms with Crippen molar-refractivity contribution in [2.75, 3.05) is 31.1 Å². The Labute approximate surface area is 107 Å². The Morgan fingerprint density at radius 1 is 1.39 bits per heavy atom. The largest absolute Gasteiger partial charge is 0.478 e. The van der Waals surface area contributed by atoms with Crippen LogP contribution in [0.4, 0.5) is 5.82 Å². The van der Waals surface area contributed by atoms with Crippen LogP contribution in [-0.2, 0) is 0 Å². The normalized spacial score (nSPS) is 16.4. The van der Waals surface area contributed by atoms with Gasteiger partial charge in [0.05, 0.1) is 0 Å². The number of carboxylic acid groups (broad SMARTS) is 1. The second-order valence-corrected chi connectivity index (χ2v) is 4.67. The number of rotatable bonds is 2. The lowest BCUT2D eigenvalue weighted by Gasteiger charge is -2.24. The van der Waals surface area contributed by atoms with E-state index in [0.29, 0.717) is 11.4 Å². The summed E-state index contributed by atoms with van der Waals surface area (Å²) in [6.07, 6.45) is 1.01. The number of carbonyl (C=O) groups is 1. The molecule has 1 saturated heterocycles. The highest BCUT2D eigenvalue weighted by Crippen LogP contribution is 2.23. The number of aromatic carboxylic acids is 1. The first-order chi connectivity index (χ1) is 8.59. The van der Waals surface area contributed by atoms with Gasteiger partial charge in [0.1, 0.15) is 11.4 Å². The molecule has 1 aliphatic rings. The van der Waals surface area contributed by atoms with Crippen molar-refractivity contribution >= 4 is 11.8 Å². The molecule has 0 radical (unpaired) electrons. The number of aryl methyl sites for hydroxylation is 2. The zero-order valence-electron chi connectivity index (χ0n) is 10.9. The molecule has 2 N–H and O–H groups in total. The Morgan fingerprint density at radius 3 is 2.89 bits per heavy atom. The van der Waals surface area contributed by atoms with Crippen LogP contribution in [0.15, 0.2) is 6.07 Å². The molecule has 0 atom stereocenters. The van der Waals surface area contributed by atoms with Gasteiger partial charge in [-0.25, -0.2) is 9.78 Å². The number of nitrogens with zero attached hydrogens (tertiary/aromatic N) is 2. The van der Waals surface area contributed by atoms with E-state index in [9.17, 15) is 9.90 Å². The predicted molar refractivity (Wildman–Crippen MR) is 70.4 cm³/mol. The molecule has 5 heteroatoms. The molecule has 0 saturated carbocycles. The van der Waals surface area contributed by atoms with Crippen LogP contribution in [0.3, 0.4) is 0 Å². The first-order valence-electron chi connectivity index (χ1n) is 6.27. The van der Waals surface area contributed by atoms with Gasteiger partial charge in [0.2, 0.25) is 0 Å². The summed E-state index contributed by atoms with van der Waals surface area (Å²) in [5.41, 5.74) is 1.98. The molecule has 0 bridgehead atoms. The minimum atomic E-state index is -0.896. The van der Waals surface area contributed by atoms with Gasteiger partial charge in [-0.3, -0.25) is 0 Å². The number of hydrogen-bond acceptors (Lipinski definition) is 4. The van der Waals surface area contributed by atoms with Crippen LogP contribution >= 0.6 is 0 Å². The van der Waals surface area contributed by atoms with E-state index in [1.54, 1.807) is 0 Å². The number of carboxylic acids is 1. The molecule has 1 aromatic rings. The molecule has 0 aromatic carbocycles. The summed E-state index contributed by atoms with van der Waals surface area (Å²) < 4.78 is 0. The van der Waals surface area contributed by atoms with E-state index in [1.807, 2.05) is 19.9 Å². The highest BCUT2D eigenvalue weighted by molar-refractivity contribution is 5.95. The average Bonchev–Trinajstić information content (AvgIpc) is 2.55. The van der Waals surface area contributed by atoms with E-state index in [4.69, 9.17) is 0 Å². The monoisotopic (exact) mass is 249 g/mol. The van der Waals surface area contributed by atoms with E-state index < -0.39 is 5.97 Å². The van der Waals surface area contributed by atoms with E-state index in [-0.39, 0.29) is 0 Å². The van der Waals surface area contributed by atoms with Crippen LogP contribution in [0, 0.1) is 13.8 Å². The quantitative estimate of drug-likeness (QED) is 0.824. The second kappa shape index (κ2) is 5.35. The fraction of sp³-hybridized carbons (Fsp3) is 0.538. The topological polar surface area (TPSA) is 65.5 Å². The van der Waals surface area contributed by atoms with E-state index in [1.165, 1.54) is 0 Å². The maximum atomic E-state index is 11.4. The lowest BCUT2D eigenvalue weighted by atomic mass is 10.1. The van der Waals surface area contributed by atoms with Gasteiger partial charge in [-0.2, -0.15) is 0 Å². The standard InChI is InChI=1S/C13H19N3O2/c1-9-8-10(2)15-12(11(9)13(17)18)16-6-3-4-14-5-7-16/h8,14H,3-7H2,1-2H3,(H,17,18). The van der Waals surface area contributed by atoms with Crippen molar-refractivity contribution in [3.63, 3.8) is 0 Å². The maximum Gasteiger partial charge on any atom is 0.339 e. The van der Waals surface area contributed by atoms with Crippen molar-refractivity contribution < 1.29 is 9.90 Å². The zero-order valence-corrected chi connectivity index (χ0v) is 10.9. The Morgan fingerprint density at radius 2 is 2.17 bits per heavy atom. The Balaban J connectivity index is 2.43. The molecule has 0 amide bonds. The van der Waals surface area contributed by atoms with Crippen molar-refractivity contribution in [1.82, 2.24) is 10.3 Å². The van der Waals surface area contributed by atoms with Crippen LogP contribution in [0.2, 0.25) is 0 Å². The highest BCUT2D eigenvalue weighted by atomic mass is 16.4. The molecule has 2 rings (SSSR count). The molecule has 1 fully saturated rings. The predicted octanol–water partition coefficient (Wildman–Crippen LogP) is 1.20. The molecule has 5 nitrogen and oxygen atoms in total. The fourth-order valence-corrected chi connectivity index (χ4v) is 2.37. The molecule has 0 unspecified atom stereocenters. The van der Waals surface area contributed by atoms with Gasteiger partial charge in [0, 0.05) is 25.3 Å². The van der Waals surface area contributed by atoms with Gasteiger partial charge in [0.15, 0.2) is 0 Å². The second-order valence-electron chi connectivity index (χ2n) is 4.67. The number of nitrogens with one attached hydrogen (secondary N) is 1. The first-order valence-corrected chi connectivity index (χ1v) is 6.27. The summed E-state index contributed by atoms with van der Waals surface area (Å²) in [5, 5.41) is 12.7. The van der Waals surface area contributed by atoms with Crippen molar-refractivity contribution in [3.8, 4) is 0 Å². The van der Waals surface area contributed by atoms with Gasteiger partial charge < -0.3 is 15.3 Å². The van der Waals surface area contributed by atoms with Gasteiger partial charge in [-0.1, -0.05) is 0 Å². The molecular weight excluding hydrogens is 230 g/mol. The van der Waals surface area contributed by atoms with Gasteiger partial charge in [-0.05, 0) is 38.4 Å². The van der Waals surface area contributed by atoms with Crippen LogP contribution in [-0.4, -0.2) is 42.2 Å². The van der Waals surface area contributed by atoms with Gasteiger partial charge >= 0.3 is 5.97 Å².